The average molecular weight is 397 g/mol. The van der Waals surface area contributed by atoms with Gasteiger partial charge in [0.2, 0.25) is 10.0 Å². The zero-order chi connectivity index (χ0) is 18.7. The predicted molar refractivity (Wildman–Crippen MR) is 97.4 cm³/mol. The second-order valence-electron chi connectivity index (χ2n) is 5.63. The third-order valence-corrected chi connectivity index (χ3v) is 5.63. The first kappa shape index (κ1) is 18.5. The number of amides is 1. The number of sulfonamides is 1. The summed E-state index contributed by atoms with van der Waals surface area (Å²) in [5, 5.41) is 2.56. The Labute approximate surface area is 156 Å². The summed E-state index contributed by atoms with van der Waals surface area (Å²) in [5.74, 6) is 0.629. The lowest BCUT2D eigenvalue weighted by Crippen LogP contribution is -2.29. The highest BCUT2D eigenvalue weighted by molar-refractivity contribution is 7.89. The molecule has 2 aromatic rings. The van der Waals surface area contributed by atoms with Gasteiger partial charge in [0.05, 0.1) is 10.7 Å². The second-order valence-corrected chi connectivity index (χ2v) is 7.77. The predicted octanol–water partition coefficient (Wildman–Crippen LogP) is 2.34. The lowest BCUT2D eigenvalue weighted by atomic mass is 10.2. The Morgan fingerprint density at radius 3 is 2.85 bits per heavy atom. The van der Waals surface area contributed by atoms with Gasteiger partial charge in [-0.15, -0.1) is 0 Å². The van der Waals surface area contributed by atoms with Crippen molar-refractivity contribution < 1.29 is 22.7 Å². The van der Waals surface area contributed by atoms with Crippen molar-refractivity contribution >= 4 is 33.2 Å². The van der Waals surface area contributed by atoms with Crippen molar-refractivity contribution in [3.05, 3.63) is 47.0 Å². The number of ether oxygens (including phenoxy) is 2. The summed E-state index contributed by atoms with van der Waals surface area (Å²) in [5.41, 5.74) is 1.31. The van der Waals surface area contributed by atoms with Crippen molar-refractivity contribution in [3.63, 3.8) is 0 Å². The van der Waals surface area contributed by atoms with Crippen LogP contribution in [-0.2, 0) is 14.8 Å². The van der Waals surface area contributed by atoms with Crippen molar-refractivity contribution in [1.82, 2.24) is 4.72 Å². The minimum atomic E-state index is -3.86. The van der Waals surface area contributed by atoms with Crippen LogP contribution in [-0.4, -0.2) is 34.1 Å². The monoisotopic (exact) mass is 396 g/mol. The number of anilines is 1. The minimum Gasteiger partial charge on any atom is -0.492 e. The Morgan fingerprint density at radius 2 is 2.08 bits per heavy atom. The highest BCUT2D eigenvalue weighted by Crippen LogP contribution is 2.35. The fourth-order valence-electron chi connectivity index (χ4n) is 2.42. The summed E-state index contributed by atoms with van der Waals surface area (Å²) in [4.78, 5) is 11.2. The van der Waals surface area contributed by atoms with E-state index in [1.165, 1.54) is 12.1 Å². The number of para-hydroxylation sites is 1. The number of carbonyl (C=O) groups excluding carboxylic acids is 1. The lowest BCUT2D eigenvalue weighted by molar-refractivity contribution is -0.118. The van der Waals surface area contributed by atoms with Gasteiger partial charge in [0.1, 0.15) is 23.0 Å². The molecule has 0 radical (unpaired) electrons. The molecule has 26 heavy (non-hydrogen) atoms. The number of rotatable bonds is 6. The molecule has 0 unspecified atom stereocenters. The van der Waals surface area contributed by atoms with E-state index in [9.17, 15) is 13.2 Å². The van der Waals surface area contributed by atoms with Crippen LogP contribution in [0.25, 0.3) is 0 Å². The van der Waals surface area contributed by atoms with Gasteiger partial charge in [0.15, 0.2) is 6.61 Å². The number of carbonyl (C=O) groups is 1. The standard InChI is InChI=1S/C17H17ClN2O5S/c1-11-4-2-3-5-14(11)24-7-6-19-26(22,23)16-9-15-13(8-12(16)18)20-17(21)10-25-15/h2-5,8-9,19H,6-7,10H2,1H3,(H,20,21). The van der Waals surface area contributed by atoms with Gasteiger partial charge in [0, 0.05) is 12.6 Å². The van der Waals surface area contributed by atoms with Gasteiger partial charge >= 0.3 is 0 Å². The molecule has 1 amide bonds. The number of benzene rings is 2. The van der Waals surface area contributed by atoms with Gasteiger partial charge in [-0.25, -0.2) is 13.1 Å². The quantitative estimate of drug-likeness (QED) is 0.731. The van der Waals surface area contributed by atoms with E-state index in [-0.39, 0.29) is 41.3 Å². The number of nitrogens with one attached hydrogen (secondary N) is 2. The van der Waals surface area contributed by atoms with E-state index in [2.05, 4.69) is 10.0 Å². The molecule has 0 aliphatic carbocycles. The number of hydrogen-bond acceptors (Lipinski definition) is 5. The molecule has 0 spiro atoms. The van der Waals surface area contributed by atoms with Gasteiger partial charge in [0.25, 0.3) is 5.91 Å². The Morgan fingerprint density at radius 1 is 1.31 bits per heavy atom. The molecule has 7 nitrogen and oxygen atoms in total. The van der Waals surface area contributed by atoms with Gasteiger partial charge in [-0.2, -0.15) is 0 Å². The highest BCUT2D eigenvalue weighted by atomic mass is 35.5. The van der Waals surface area contributed by atoms with Crippen molar-refractivity contribution in [2.24, 2.45) is 0 Å². The fraction of sp³-hybridized carbons (Fsp3) is 0.235. The zero-order valence-electron chi connectivity index (χ0n) is 13.9. The van der Waals surface area contributed by atoms with Crippen LogP contribution in [0, 0.1) is 6.92 Å². The van der Waals surface area contributed by atoms with Crippen LogP contribution in [0.1, 0.15) is 5.56 Å². The molecule has 3 rings (SSSR count). The maximum Gasteiger partial charge on any atom is 0.262 e. The van der Waals surface area contributed by atoms with E-state index < -0.39 is 10.0 Å². The van der Waals surface area contributed by atoms with Crippen LogP contribution in [0.3, 0.4) is 0 Å². The first-order valence-corrected chi connectivity index (χ1v) is 9.67. The Balaban J connectivity index is 1.67. The third-order valence-electron chi connectivity index (χ3n) is 3.70. The Bertz CT molecular complexity index is 946. The number of halogens is 1. The molecule has 0 saturated heterocycles. The lowest BCUT2D eigenvalue weighted by Gasteiger charge is -2.19. The van der Waals surface area contributed by atoms with E-state index in [0.29, 0.717) is 11.4 Å². The van der Waals surface area contributed by atoms with Crippen LogP contribution in [0.4, 0.5) is 5.69 Å². The van der Waals surface area contributed by atoms with Crippen LogP contribution >= 0.6 is 11.6 Å². The van der Waals surface area contributed by atoms with Gasteiger partial charge in [-0.3, -0.25) is 4.79 Å². The van der Waals surface area contributed by atoms with Gasteiger partial charge in [-0.05, 0) is 24.6 Å². The summed E-state index contributed by atoms with van der Waals surface area (Å²) in [6.45, 7) is 1.97. The molecule has 0 bridgehead atoms. The van der Waals surface area contributed by atoms with Gasteiger partial charge in [-0.1, -0.05) is 29.8 Å². The SMILES string of the molecule is Cc1ccccc1OCCNS(=O)(=O)c1cc2c(cc1Cl)NC(=O)CO2. The molecular formula is C17H17ClN2O5S. The molecule has 1 aliphatic heterocycles. The van der Waals surface area contributed by atoms with E-state index in [1.807, 2.05) is 31.2 Å². The summed E-state index contributed by atoms with van der Waals surface area (Å²) in [7, 11) is -3.86. The minimum absolute atomic E-state index is 0.0122. The van der Waals surface area contributed by atoms with E-state index >= 15 is 0 Å². The summed E-state index contributed by atoms with van der Waals surface area (Å²) in [6.07, 6.45) is 0. The van der Waals surface area contributed by atoms with Crippen molar-refractivity contribution in [2.75, 3.05) is 25.1 Å². The second kappa shape index (κ2) is 7.53. The molecule has 0 aromatic heterocycles. The fourth-order valence-corrected chi connectivity index (χ4v) is 3.97. The summed E-state index contributed by atoms with van der Waals surface area (Å²) < 4.78 is 38.2. The smallest absolute Gasteiger partial charge is 0.262 e. The molecule has 0 saturated carbocycles. The average Bonchev–Trinajstić information content (AvgIpc) is 2.59. The van der Waals surface area contributed by atoms with Crippen molar-refractivity contribution in [2.45, 2.75) is 11.8 Å². The topological polar surface area (TPSA) is 93.7 Å². The molecule has 2 aromatic carbocycles. The highest BCUT2D eigenvalue weighted by Gasteiger charge is 2.24. The van der Waals surface area contributed by atoms with Crippen LogP contribution in [0.5, 0.6) is 11.5 Å². The van der Waals surface area contributed by atoms with Crippen LogP contribution in [0.15, 0.2) is 41.3 Å². The van der Waals surface area contributed by atoms with E-state index in [4.69, 9.17) is 21.1 Å². The molecule has 1 heterocycles. The summed E-state index contributed by atoms with van der Waals surface area (Å²) in [6, 6.07) is 10.1. The summed E-state index contributed by atoms with van der Waals surface area (Å²) >= 11 is 6.07. The molecule has 0 fully saturated rings. The maximum atomic E-state index is 12.5. The normalized spacial score (nSPS) is 13.5. The van der Waals surface area contributed by atoms with Gasteiger partial charge < -0.3 is 14.8 Å². The molecule has 2 N–H and O–H groups in total. The Hall–Kier alpha value is -2.29. The Kier molecular flexibility index (Phi) is 5.36. The number of fused-ring (bicyclic) bond motifs is 1. The number of hydrogen-bond donors (Lipinski definition) is 2. The van der Waals surface area contributed by atoms with E-state index in [1.54, 1.807) is 0 Å². The van der Waals surface area contributed by atoms with Crippen LogP contribution in [0.2, 0.25) is 5.02 Å². The molecule has 1 aliphatic rings. The van der Waals surface area contributed by atoms with Crippen molar-refractivity contribution in [3.8, 4) is 11.5 Å². The van der Waals surface area contributed by atoms with E-state index in [0.717, 1.165) is 5.56 Å². The maximum absolute atomic E-state index is 12.5. The molecular weight excluding hydrogens is 380 g/mol. The zero-order valence-corrected chi connectivity index (χ0v) is 15.5. The third kappa shape index (κ3) is 4.09. The molecule has 9 heteroatoms. The first-order chi connectivity index (χ1) is 12.4. The first-order valence-electron chi connectivity index (χ1n) is 7.81. The van der Waals surface area contributed by atoms with Crippen molar-refractivity contribution in [1.29, 1.82) is 0 Å². The molecule has 138 valence electrons. The largest absolute Gasteiger partial charge is 0.492 e. The number of aryl methyl sites for hydroxylation is 1. The molecule has 0 atom stereocenters. The van der Waals surface area contributed by atoms with Crippen LogP contribution < -0.4 is 19.5 Å².